The van der Waals surface area contributed by atoms with Crippen LogP contribution in [0, 0.1) is 0 Å². The number of phenols is 2. The first-order valence-corrected chi connectivity index (χ1v) is 9.83. The van der Waals surface area contributed by atoms with Gasteiger partial charge in [-0.2, -0.15) is 0 Å². The van der Waals surface area contributed by atoms with Gasteiger partial charge in [0.25, 0.3) is 0 Å². The smallest absolute Gasteiger partial charge is 0.355 e. The van der Waals surface area contributed by atoms with Crippen molar-refractivity contribution in [1.29, 1.82) is 0 Å². The van der Waals surface area contributed by atoms with Crippen LogP contribution in [0.2, 0.25) is 0 Å². The summed E-state index contributed by atoms with van der Waals surface area (Å²) in [4.78, 5) is 25.9. The maximum atomic E-state index is 13.4. The van der Waals surface area contributed by atoms with E-state index in [0.29, 0.717) is 11.1 Å². The third-order valence-electron chi connectivity index (χ3n) is 4.24. The van der Waals surface area contributed by atoms with Crippen molar-refractivity contribution >= 4 is 45.0 Å². The summed E-state index contributed by atoms with van der Waals surface area (Å²) in [5.74, 6) is -1.80. The highest BCUT2D eigenvalue weighted by atomic mass is 79.9. The molecular weight excluding hydrogens is 460 g/mol. The molecule has 29 heavy (non-hydrogen) atoms. The summed E-state index contributed by atoms with van der Waals surface area (Å²) in [5, 5.41) is 25.3. The molecule has 0 saturated heterocycles. The Balaban J connectivity index is 2.18. The first-order chi connectivity index (χ1) is 13.8. The number of nitrogens with one attached hydrogen (secondary N) is 2. The van der Waals surface area contributed by atoms with Crippen molar-refractivity contribution in [3.63, 3.8) is 0 Å². The van der Waals surface area contributed by atoms with Crippen LogP contribution < -0.4 is 10.6 Å². The van der Waals surface area contributed by atoms with E-state index in [1.54, 1.807) is 31.2 Å². The number of esters is 1. The average molecular weight is 477 g/mol. The number of carbonyl (C=O) groups excluding carboxylic acids is 2. The van der Waals surface area contributed by atoms with Crippen LogP contribution in [0.25, 0.3) is 0 Å². The molecule has 150 valence electrons. The second kappa shape index (κ2) is 8.62. The Morgan fingerprint density at radius 2 is 1.83 bits per heavy atom. The molecule has 0 radical (unpaired) electrons. The van der Waals surface area contributed by atoms with E-state index in [9.17, 15) is 19.8 Å². The predicted octanol–water partition coefficient (Wildman–Crippen LogP) is 3.08. The summed E-state index contributed by atoms with van der Waals surface area (Å²) in [6.07, 6.45) is 0. The van der Waals surface area contributed by atoms with Gasteiger partial charge in [-0.1, -0.05) is 22.0 Å². The number of halogens is 1. The van der Waals surface area contributed by atoms with Crippen LogP contribution in [0.1, 0.15) is 28.9 Å². The molecule has 1 unspecified atom stereocenters. The fraction of sp³-hybridized carbons (Fsp3) is 0.150. The van der Waals surface area contributed by atoms with Gasteiger partial charge in [0.15, 0.2) is 22.4 Å². The summed E-state index contributed by atoms with van der Waals surface area (Å²) >= 11 is 8.53. The van der Waals surface area contributed by atoms with E-state index in [1.807, 2.05) is 0 Å². The molecule has 3 rings (SSSR count). The molecule has 1 heterocycles. The Morgan fingerprint density at radius 3 is 2.45 bits per heavy atom. The van der Waals surface area contributed by atoms with Crippen LogP contribution in [0.3, 0.4) is 0 Å². The van der Waals surface area contributed by atoms with Crippen LogP contribution in [0.5, 0.6) is 11.5 Å². The van der Waals surface area contributed by atoms with Gasteiger partial charge in [0.2, 0.25) is 0 Å². The lowest BCUT2D eigenvalue weighted by Gasteiger charge is -2.30. The highest BCUT2D eigenvalue weighted by Gasteiger charge is 2.35. The number of phenolic OH excluding ortho intramolecular Hbond substituents is 2. The molecule has 1 aliphatic heterocycles. The average Bonchev–Trinajstić information content (AvgIpc) is 2.69. The van der Waals surface area contributed by atoms with Gasteiger partial charge in [0, 0.05) is 10.0 Å². The van der Waals surface area contributed by atoms with Crippen molar-refractivity contribution in [3.05, 3.63) is 69.3 Å². The van der Waals surface area contributed by atoms with Crippen molar-refractivity contribution in [2.24, 2.45) is 0 Å². The minimum absolute atomic E-state index is 0.0684. The zero-order valence-electron chi connectivity index (χ0n) is 15.2. The van der Waals surface area contributed by atoms with Crippen molar-refractivity contribution in [2.75, 3.05) is 6.61 Å². The first-order valence-electron chi connectivity index (χ1n) is 8.62. The monoisotopic (exact) mass is 476 g/mol. The lowest BCUT2D eigenvalue weighted by atomic mass is 9.89. The van der Waals surface area contributed by atoms with E-state index >= 15 is 0 Å². The maximum Gasteiger partial charge on any atom is 0.355 e. The van der Waals surface area contributed by atoms with Gasteiger partial charge >= 0.3 is 5.97 Å². The normalized spacial score (nSPS) is 16.1. The molecule has 2 aromatic carbocycles. The minimum Gasteiger partial charge on any atom is -0.504 e. The van der Waals surface area contributed by atoms with E-state index in [-0.39, 0.29) is 34.5 Å². The van der Waals surface area contributed by atoms with Gasteiger partial charge in [0.1, 0.15) is 5.70 Å². The molecular formula is C20H17BrN2O5S. The first kappa shape index (κ1) is 20.8. The fourth-order valence-corrected chi connectivity index (χ4v) is 3.38. The van der Waals surface area contributed by atoms with E-state index in [0.717, 1.165) is 4.47 Å². The second-order valence-electron chi connectivity index (χ2n) is 6.12. The van der Waals surface area contributed by atoms with Gasteiger partial charge in [-0.05, 0) is 61.1 Å². The number of thiocarbonyl (C=S) groups is 1. The molecule has 0 saturated carbocycles. The van der Waals surface area contributed by atoms with Crippen LogP contribution in [0.4, 0.5) is 0 Å². The quantitative estimate of drug-likeness (QED) is 0.225. The summed E-state index contributed by atoms with van der Waals surface area (Å²) in [5.41, 5.74) is 0.811. The molecule has 0 spiro atoms. The summed E-state index contributed by atoms with van der Waals surface area (Å²) in [6.45, 7) is 1.78. The van der Waals surface area contributed by atoms with Gasteiger partial charge in [0.05, 0.1) is 18.2 Å². The second-order valence-corrected chi connectivity index (χ2v) is 7.45. The fourth-order valence-electron chi connectivity index (χ4n) is 2.90. The highest BCUT2D eigenvalue weighted by Crippen LogP contribution is 2.34. The Kier molecular flexibility index (Phi) is 6.19. The molecule has 0 bridgehead atoms. The minimum atomic E-state index is -0.842. The zero-order chi connectivity index (χ0) is 21.1. The van der Waals surface area contributed by atoms with Crippen LogP contribution in [-0.2, 0) is 9.53 Å². The number of hydrogen-bond acceptors (Lipinski definition) is 6. The molecule has 0 aliphatic carbocycles. The topological polar surface area (TPSA) is 108 Å². The molecule has 9 heteroatoms. The lowest BCUT2D eigenvalue weighted by molar-refractivity contribution is -0.138. The molecule has 4 N–H and O–H groups in total. The number of benzene rings is 2. The van der Waals surface area contributed by atoms with E-state index in [1.165, 1.54) is 18.2 Å². The number of rotatable bonds is 5. The standard InChI is InChI=1S/C20H17BrN2O5S/c1-2-28-19(27)17-15(18(26)10-3-6-12(21)7-4-10)16(22-20(29)23-17)11-5-8-13(24)14(25)9-11/h3-9,16,24-25H,2H2,1H3,(H2,22,23,29). The predicted molar refractivity (Wildman–Crippen MR) is 114 cm³/mol. The third-order valence-corrected chi connectivity index (χ3v) is 4.98. The third kappa shape index (κ3) is 4.41. The largest absolute Gasteiger partial charge is 0.504 e. The molecule has 1 atom stereocenters. The van der Waals surface area contributed by atoms with Crippen LogP contribution >= 0.6 is 28.1 Å². The number of ketones is 1. The van der Waals surface area contributed by atoms with Gasteiger partial charge in [-0.3, -0.25) is 4.79 Å². The van der Waals surface area contributed by atoms with E-state index < -0.39 is 17.8 Å². The van der Waals surface area contributed by atoms with Gasteiger partial charge in [-0.25, -0.2) is 4.79 Å². The van der Waals surface area contributed by atoms with Gasteiger partial charge in [-0.15, -0.1) is 0 Å². The SMILES string of the molecule is CCOC(=O)C1=C(C(=O)c2ccc(Br)cc2)C(c2ccc(O)c(O)c2)NC(=S)N1. The number of hydrogen-bond donors (Lipinski definition) is 4. The highest BCUT2D eigenvalue weighted by molar-refractivity contribution is 9.10. The molecule has 1 aliphatic rings. The molecule has 7 nitrogen and oxygen atoms in total. The molecule has 2 aromatic rings. The van der Waals surface area contributed by atoms with Crippen molar-refractivity contribution in [3.8, 4) is 11.5 Å². The van der Waals surface area contributed by atoms with Crippen molar-refractivity contribution in [1.82, 2.24) is 10.6 Å². The number of aromatic hydroxyl groups is 2. The maximum absolute atomic E-state index is 13.4. The summed E-state index contributed by atoms with van der Waals surface area (Å²) < 4.78 is 5.90. The summed E-state index contributed by atoms with van der Waals surface area (Å²) in [6, 6.07) is 9.97. The molecule has 0 fully saturated rings. The molecule has 0 aromatic heterocycles. The Morgan fingerprint density at radius 1 is 1.14 bits per heavy atom. The Hall–Kier alpha value is -2.91. The van der Waals surface area contributed by atoms with Crippen molar-refractivity contribution < 1.29 is 24.5 Å². The number of ether oxygens (including phenoxy) is 1. The Bertz CT molecular complexity index is 1020. The van der Waals surface area contributed by atoms with Crippen molar-refractivity contribution in [2.45, 2.75) is 13.0 Å². The Labute approximate surface area is 180 Å². The zero-order valence-corrected chi connectivity index (χ0v) is 17.6. The van der Waals surface area contributed by atoms with E-state index in [4.69, 9.17) is 17.0 Å². The van der Waals surface area contributed by atoms with Crippen LogP contribution in [-0.4, -0.2) is 33.7 Å². The van der Waals surface area contributed by atoms with Gasteiger partial charge < -0.3 is 25.6 Å². The lowest BCUT2D eigenvalue weighted by Crippen LogP contribution is -2.47. The number of Topliss-reactive ketones (excluding diaryl/α,β-unsaturated/α-hetero) is 1. The number of carbonyl (C=O) groups is 2. The summed E-state index contributed by atoms with van der Waals surface area (Å²) in [7, 11) is 0. The molecule has 0 amide bonds. The van der Waals surface area contributed by atoms with E-state index in [2.05, 4.69) is 26.6 Å². The van der Waals surface area contributed by atoms with Crippen LogP contribution in [0.15, 0.2) is 58.2 Å².